The van der Waals surface area contributed by atoms with Gasteiger partial charge in [0.05, 0.1) is 12.7 Å². The Kier molecular flexibility index (Phi) is 5.20. The fraction of sp³-hybridized carbons (Fsp3) is 0.562. The van der Waals surface area contributed by atoms with Crippen LogP contribution in [0.25, 0.3) is 0 Å². The van der Waals surface area contributed by atoms with Crippen LogP contribution in [0.4, 0.5) is 4.79 Å². The van der Waals surface area contributed by atoms with Crippen molar-refractivity contribution in [1.82, 2.24) is 4.90 Å². The number of ether oxygens (including phenoxy) is 1. The van der Waals surface area contributed by atoms with Crippen molar-refractivity contribution < 1.29 is 19.7 Å². The molecule has 1 saturated heterocycles. The number of amides is 1. The summed E-state index contributed by atoms with van der Waals surface area (Å²) in [5, 5.41) is 20.1. The second kappa shape index (κ2) is 6.91. The number of carbonyl (C=O) groups excluding carboxylic acids is 1. The third-order valence-electron chi connectivity index (χ3n) is 3.96. The number of nitrogens with zero attached hydrogens (tertiary/aromatic N) is 1. The Bertz CT molecular complexity index is 489. The van der Waals surface area contributed by atoms with Crippen molar-refractivity contribution in [3.05, 3.63) is 35.4 Å². The van der Waals surface area contributed by atoms with E-state index in [0.717, 1.165) is 17.5 Å². The van der Waals surface area contributed by atoms with Crippen LogP contribution in [0.2, 0.25) is 0 Å². The van der Waals surface area contributed by atoms with Crippen molar-refractivity contribution in [2.75, 3.05) is 13.2 Å². The third kappa shape index (κ3) is 3.54. The van der Waals surface area contributed by atoms with Crippen molar-refractivity contribution >= 4 is 6.09 Å². The predicted octanol–water partition coefficient (Wildman–Crippen LogP) is 2.39. The molecule has 1 aliphatic rings. The molecule has 21 heavy (non-hydrogen) atoms. The van der Waals surface area contributed by atoms with Gasteiger partial charge in [-0.3, -0.25) is 4.90 Å². The van der Waals surface area contributed by atoms with E-state index >= 15 is 0 Å². The Morgan fingerprint density at radius 3 is 2.81 bits per heavy atom. The van der Waals surface area contributed by atoms with Crippen LogP contribution in [-0.2, 0) is 4.74 Å². The molecule has 0 radical (unpaired) electrons. The first-order valence-electron chi connectivity index (χ1n) is 7.43. The lowest BCUT2D eigenvalue weighted by atomic mass is 9.84. The molecule has 0 spiro atoms. The minimum Gasteiger partial charge on any atom is -0.450 e. The normalized spacial score (nSPS) is 23.7. The number of rotatable bonds is 3. The van der Waals surface area contributed by atoms with Gasteiger partial charge in [-0.2, -0.15) is 0 Å². The Balaban J connectivity index is 2.11. The lowest BCUT2D eigenvalue weighted by molar-refractivity contribution is -0.0267. The van der Waals surface area contributed by atoms with Gasteiger partial charge >= 0.3 is 6.09 Å². The molecule has 0 aliphatic carbocycles. The summed E-state index contributed by atoms with van der Waals surface area (Å²) in [5.41, 5.74) is 1.94. The van der Waals surface area contributed by atoms with Gasteiger partial charge in [0.2, 0.25) is 0 Å². The summed E-state index contributed by atoms with van der Waals surface area (Å²) in [6, 6.07) is 7.73. The highest BCUT2D eigenvalue weighted by Crippen LogP contribution is 2.34. The summed E-state index contributed by atoms with van der Waals surface area (Å²) >= 11 is 0. The van der Waals surface area contributed by atoms with Gasteiger partial charge in [-0.05, 0) is 43.7 Å². The molecule has 1 aromatic rings. The standard InChI is InChI=1S/C16H23NO4/c1-3-21-16(20)17-9-8-12(10-15(17)19)14-7-5-4-6-13(14)11(2)18/h4-7,11-12,15,18-19H,3,8-10H2,1-2H3. The zero-order valence-corrected chi connectivity index (χ0v) is 12.5. The van der Waals surface area contributed by atoms with Crippen LogP contribution < -0.4 is 0 Å². The van der Waals surface area contributed by atoms with E-state index in [2.05, 4.69) is 0 Å². The van der Waals surface area contributed by atoms with E-state index in [4.69, 9.17) is 4.74 Å². The lowest BCUT2D eigenvalue weighted by Crippen LogP contribution is -2.45. The summed E-state index contributed by atoms with van der Waals surface area (Å²) in [6.07, 6.45) is -0.638. The van der Waals surface area contributed by atoms with Crippen molar-refractivity contribution in [1.29, 1.82) is 0 Å². The first kappa shape index (κ1) is 15.8. The minimum atomic E-state index is -0.843. The quantitative estimate of drug-likeness (QED) is 0.898. The van der Waals surface area contributed by atoms with Gasteiger partial charge in [0, 0.05) is 6.54 Å². The first-order chi connectivity index (χ1) is 10.0. The molecular formula is C16H23NO4. The van der Waals surface area contributed by atoms with Crippen molar-refractivity contribution in [2.24, 2.45) is 0 Å². The first-order valence-corrected chi connectivity index (χ1v) is 7.43. The fourth-order valence-electron chi connectivity index (χ4n) is 2.91. The number of carbonyl (C=O) groups is 1. The second-order valence-electron chi connectivity index (χ2n) is 5.40. The lowest BCUT2D eigenvalue weighted by Gasteiger charge is -2.36. The molecule has 2 N–H and O–H groups in total. The van der Waals surface area contributed by atoms with E-state index < -0.39 is 18.4 Å². The number of likely N-dealkylation sites (tertiary alicyclic amines) is 1. The summed E-state index contributed by atoms with van der Waals surface area (Å²) in [5.74, 6) is 0.136. The number of hydrogen-bond donors (Lipinski definition) is 2. The highest BCUT2D eigenvalue weighted by molar-refractivity contribution is 5.68. The molecule has 116 valence electrons. The van der Waals surface area contributed by atoms with Gasteiger partial charge in [-0.15, -0.1) is 0 Å². The molecule has 1 aliphatic heterocycles. The third-order valence-corrected chi connectivity index (χ3v) is 3.96. The van der Waals surface area contributed by atoms with Gasteiger partial charge in [0.1, 0.15) is 6.23 Å². The molecule has 1 heterocycles. The topological polar surface area (TPSA) is 70.0 Å². The summed E-state index contributed by atoms with van der Waals surface area (Å²) in [6.45, 7) is 4.24. The molecule has 1 fully saturated rings. The van der Waals surface area contributed by atoms with Gasteiger partial charge in [0.15, 0.2) is 0 Å². The van der Waals surface area contributed by atoms with Gasteiger partial charge in [-0.1, -0.05) is 24.3 Å². The number of benzene rings is 1. The highest BCUT2D eigenvalue weighted by atomic mass is 16.6. The van der Waals surface area contributed by atoms with E-state index in [1.807, 2.05) is 24.3 Å². The smallest absolute Gasteiger partial charge is 0.411 e. The molecule has 5 heteroatoms. The number of piperidine rings is 1. The molecule has 0 saturated carbocycles. The van der Waals surface area contributed by atoms with Crippen LogP contribution in [0.15, 0.2) is 24.3 Å². The van der Waals surface area contributed by atoms with E-state index in [9.17, 15) is 15.0 Å². The van der Waals surface area contributed by atoms with Crippen molar-refractivity contribution in [3.63, 3.8) is 0 Å². The molecule has 0 bridgehead atoms. The van der Waals surface area contributed by atoms with Gasteiger partial charge in [-0.25, -0.2) is 4.79 Å². The molecule has 1 aromatic carbocycles. The fourth-order valence-corrected chi connectivity index (χ4v) is 2.91. The Labute approximate surface area is 125 Å². The predicted molar refractivity (Wildman–Crippen MR) is 78.8 cm³/mol. The molecular weight excluding hydrogens is 270 g/mol. The average molecular weight is 293 g/mol. The summed E-state index contributed by atoms with van der Waals surface area (Å²) in [7, 11) is 0. The van der Waals surface area contributed by atoms with Crippen LogP contribution in [0, 0.1) is 0 Å². The highest BCUT2D eigenvalue weighted by Gasteiger charge is 2.32. The number of hydrogen-bond acceptors (Lipinski definition) is 4. The number of aliphatic hydroxyl groups excluding tert-OH is 2. The summed E-state index contributed by atoms with van der Waals surface area (Å²) < 4.78 is 4.94. The maximum Gasteiger partial charge on any atom is 0.411 e. The molecule has 3 atom stereocenters. The van der Waals surface area contributed by atoms with Crippen LogP contribution in [0.1, 0.15) is 49.8 Å². The minimum absolute atomic E-state index is 0.136. The maximum atomic E-state index is 11.7. The summed E-state index contributed by atoms with van der Waals surface area (Å²) in [4.78, 5) is 13.1. The Morgan fingerprint density at radius 2 is 2.19 bits per heavy atom. The van der Waals surface area contributed by atoms with Crippen LogP contribution >= 0.6 is 0 Å². The monoisotopic (exact) mass is 293 g/mol. The van der Waals surface area contributed by atoms with E-state index in [1.54, 1.807) is 13.8 Å². The zero-order chi connectivity index (χ0) is 15.4. The second-order valence-corrected chi connectivity index (χ2v) is 5.40. The molecule has 2 rings (SSSR count). The van der Waals surface area contributed by atoms with Crippen LogP contribution in [0.5, 0.6) is 0 Å². The SMILES string of the molecule is CCOC(=O)N1CCC(c2ccccc2C(C)O)CC1O. The van der Waals surface area contributed by atoms with Gasteiger partial charge < -0.3 is 14.9 Å². The Morgan fingerprint density at radius 1 is 1.48 bits per heavy atom. The van der Waals surface area contributed by atoms with Crippen molar-refractivity contribution in [3.8, 4) is 0 Å². The molecule has 0 aromatic heterocycles. The Hall–Kier alpha value is -1.59. The van der Waals surface area contributed by atoms with Crippen LogP contribution in [-0.4, -0.2) is 40.6 Å². The molecule has 5 nitrogen and oxygen atoms in total. The molecule has 3 unspecified atom stereocenters. The largest absolute Gasteiger partial charge is 0.450 e. The zero-order valence-electron chi connectivity index (χ0n) is 12.5. The average Bonchev–Trinajstić information content (AvgIpc) is 2.47. The maximum absolute atomic E-state index is 11.7. The van der Waals surface area contributed by atoms with Crippen molar-refractivity contribution in [2.45, 2.75) is 44.9 Å². The van der Waals surface area contributed by atoms with Gasteiger partial charge in [0.25, 0.3) is 0 Å². The number of aliphatic hydroxyl groups is 2. The molecule has 1 amide bonds. The van der Waals surface area contributed by atoms with Crippen LogP contribution in [0.3, 0.4) is 0 Å². The van der Waals surface area contributed by atoms with E-state index in [1.165, 1.54) is 4.90 Å². The van der Waals surface area contributed by atoms with E-state index in [-0.39, 0.29) is 5.92 Å². The van der Waals surface area contributed by atoms with E-state index in [0.29, 0.717) is 19.6 Å².